The Hall–Kier alpha value is -2.61. The second-order valence-corrected chi connectivity index (χ2v) is 6.60. The van der Waals surface area contributed by atoms with Crippen LogP contribution in [0.25, 0.3) is 11.0 Å². The first-order chi connectivity index (χ1) is 12.1. The van der Waals surface area contributed by atoms with Crippen LogP contribution < -0.4 is 0 Å². The highest BCUT2D eigenvalue weighted by atomic mass is 79.9. The summed E-state index contributed by atoms with van der Waals surface area (Å²) in [5, 5.41) is 0. The van der Waals surface area contributed by atoms with Gasteiger partial charge in [-0.15, -0.1) is 0 Å². The molecule has 0 bridgehead atoms. The number of piperazine rings is 1. The molecular weight excluding hydrogens is 388 g/mol. The first kappa shape index (κ1) is 15.9. The highest BCUT2D eigenvalue weighted by Gasteiger charge is 2.27. The third-order valence-electron chi connectivity index (χ3n) is 4.31. The first-order valence-corrected chi connectivity index (χ1v) is 8.68. The monoisotopic (exact) mass is 402 g/mol. The molecule has 0 aliphatic carbocycles. The second-order valence-electron chi connectivity index (χ2n) is 5.82. The fraction of sp³-hybridized carbons (Fsp3) is 0.235. The summed E-state index contributed by atoms with van der Waals surface area (Å²) in [6, 6.07) is 8.75. The number of H-pyrrole nitrogens is 1. The van der Waals surface area contributed by atoms with Crippen LogP contribution in [0.5, 0.6) is 0 Å². The van der Waals surface area contributed by atoms with Crippen LogP contribution in [0.1, 0.15) is 20.9 Å². The average molecular weight is 403 g/mol. The molecular formula is C17H15BrN4O3. The number of hydrogen-bond donors (Lipinski definition) is 1. The number of carbonyl (C=O) groups excluding carboxylic acids is 2. The summed E-state index contributed by atoms with van der Waals surface area (Å²) in [6.45, 7) is 1.95. The van der Waals surface area contributed by atoms with Crippen molar-refractivity contribution in [3.63, 3.8) is 0 Å². The molecule has 0 saturated carbocycles. The van der Waals surface area contributed by atoms with Crippen LogP contribution in [0.3, 0.4) is 0 Å². The Bertz CT molecular complexity index is 940. The van der Waals surface area contributed by atoms with E-state index in [-0.39, 0.29) is 11.8 Å². The summed E-state index contributed by atoms with van der Waals surface area (Å²) in [5.41, 5.74) is 2.28. The summed E-state index contributed by atoms with van der Waals surface area (Å²) in [5.74, 6) is 0.109. The number of rotatable bonds is 2. The van der Waals surface area contributed by atoms with Gasteiger partial charge in [-0.2, -0.15) is 0 Å². The molecule has 25 heavy (non-hydrogen) atoms. The van der Waals surface area contributed by atoms with Crippen LogP contribution >= 0.6 is 15.9 Å². The molecule has 3 aromatic rings. The number of halogens is 1. The van der Waals surface area contributed by atoms with Crippen molar-refractivity contribution in [2.75, 3.05) is 26.2 Å². The molecule has 4 rings (SSSR count). The Balaban J connectivity index is 1.42. The molecule has 3 heterocycles. The summed E-state index contributed by atoms with van der Waals surface area (Å²) in [7, 11) is 0. The van der Waals surface area contributed by atoms with Crippen LogP contribution in [-0.2, 0) is 0 Å². The van der Waals surface area contributed by atoms with Crippen LogP contribution in [-0.4, -0.2) is 57.8 Å². The van der Waals surface area contributed by atoms with Crippen molar-refractivity contribution in [1.29, 1.82) is 0 Å². The molecule has 128 valence electrons. The predicted molar refractivity (Wildman–Crippen MR) is 94.3 cm³/mol. The van der Waals surface area contributed by atoms with E-state index in [0.29, 0.717) is 42.2 Å². The van der Waals surface area contributed by atoms with Crippen LogP contribution in [0.2, 0.25) is 0 Å². The lowest BCUT2D eigenvalue weighted by Crippen LogP contribution is -2.50. The number of benzene rings is 1. The molecule has 0 atom stereocenters. The van der Waals surface area contributed by atoms with Gasteiger partial charge < -0.3 is 19.2 Å². The molecule has 1 fully saturated rings. The van der Waals surface area contributed by atoms with Crippen molar-refractivity contribution in [3.8, 4) is 0 Å². The van der Waals surface area contributed by atoms with E-state index < -0.39 is 0 Å². The SMILES string of the molecule is O=C(c1ccc2nc[nH]c2c1)N1CCN(C(=O)c2ccc(Br)o2)CC1. The summed E-state index contributed by atoms with van der Waals surface area (Å²) in [6.07, 6.45) is 1.61. The van der Waals surface area contributed by atoms with Gasteiger partial charge in [0.1, 0.15) is 0 Å². The van der Waals surface area contributed by atoms with E-state index in [1.165, 1.54) is 0 Å². The van der Waals surface area contributed by atoms with Gasteiger partial charge in [-0.1, -0.05) is 0 Å². The van der Waals surface area contributed by atoms with Crippen molar-refractivity contribution >= 4 is 38.8 Å². The van der Waals surface area contributed by atoms with E-state index in [0.717, 1.165) is 11.0 Å². The zero-order valence-electron chi connectivity index (χ0n) is 13.2. The largest absolute Gasteiger partial charge is 0.444 e. The standard InChI is InChI=1S/C17H15BrN4O3/c18-15-4-3-14(25-15)17(24)22-7-5-21(6-8-22)16(23)11-1-2-12-13(9-11)20-10-19-12/h1-4,9-10H,5-8H2,(H,19,20). The van der Waals surface area contributed by atoms with E-state index in [1.807, 2.05) is 12.1 Å². The maximum absolute atomic E-state index is 12.7. The Morgan fingerprint density at radius 2 is 1.76 bits per heavy atom. The van der Waals surface area contributed by atoms with Crippen molar-refractivity contribution in [3.05, 3.63) is 52.7 Å². The van der Waals surface area contributed by atoms with Gasteiger partial charge in [-0.3, -0.25) is 9.59 Å². The fourth-order valence-corrected chi connectivity index (χ4v) is 3.26. The Morgan fingerprint density at radius 1 is 1.04 bits per heavy atom. The molecule has 1 aliphatic heterocycles. The van der Waals surface area contributed by atoms with Gasteiger partial charge in [-0.05, 0) is 46.3 Å². The van der Waals surface area contributed by atoms with Crippen molar-refractivity contribution in [2.45, 2.75) is 0 Å². The maximum atomic E-state index is 12.7. The van der Waals surface area contributed by atoms with Gasteiger partial charge in [-0.25, -0.2) is 4.98 Å². The molecule has 1 aromatic carbocycles. The molecule has 7 nitrogen and oxygen atoms in total. The lowest BCUT2D eigenvalue weighted by Gasteiger charge is -2.34. The Kier molecular flexibility index (Phi) is 4.04. The number of fused-ring (bicyclic) bond motifs is 1. The number of aromatic amines is 1. The average Bonchev–Trinajstić information content (AvgIpc) is 3.28. The number of amides is 2. The molecule has 8 heteroatoms. The number of aromatic nitrogens is 2. The van der Waals surface area contributed by atoms with E-state index in [1.54, 1.807) is 34.3 Å². The zero-order chi connectivity index (χ0) is 17.4. The Morgan fingerprint density at radius 3 is 2.44 bits per heavy atom. The molecule has 2 amide bonds. The van der Waals surface area contributed by atoms with E-state index in [2.05, 4.69) is 25.9 Å². The van der Waals surface area contributed by atoms with E-state index >= 15 is 0 Å². The minimum Gasteiger partial charge on any atom is -0.444 e. The number of hydrogen-bond acceptors (Lipinski definition) is 4. The maximum Gasteiger partial charge on any atom is 0.289 e. The van der Waals surface area contributed by atoms with Gasteiger partial charge in [0.25, 0.3) is 11.8 Å². The molecule has 0 radical (unpaired) electrons. The summed E-state index contributed by atoms with van der Waals surface area (Å²) >= 11 is 3.20. The van der Waals surface area contributed by atoms with Crippen molar-refractivity contribution in [1.82, 2.24) is 19.8 Å². The molecule has 1 N–H and O–H groups in total. The number of nitrogens with zero attached hydrogens (tertiary/aromatic N) is 3. The number of nitrogens with one attached hydrogen (secondary N) is 1. The van der Waals surface area contributed by atoms with Crippen LogP contribution in [0.4, 0.5) is 0 Å². The van der Waals surface area contributed by atoms with E-state index in [4.69, 9.17) is 4.42 Å². The quantitative estimate of drug-likeness (QED) is 0.713. The number of carbonyl (C=O) groups is 2. The van der Waals surface area contributed by atoms with Gasteiger partial charge in [0.2, 0.25) is 0 Å². The minimum absolute atomic E-state index is 0.0376. The zero-order valence-corrected chi connectivity index (χ0v) is 14.8. The lowest BCUT2D eigenvalue weighted by molar-refractivity contribution is 0.0517. The van der Waals surface area contributed by atoms with Gasteiger partial charge in [0, 0.05) is 31.7 Å². The minimum atomic E-state index is -0.156. The topological polar surface area (TPSA) is 82.4 Å². The highest BCUT2D eigenvalue weighted by Crippen LogP contribution is 2.18. The van der Waals surface area contributed by atoms with Crippen molar-refractivity contribution < 1.29 is 14.0 Å². The molecule has 1 saturated heterocycles. The van der Waals surface area contributed by atoms with Gasteiger partial charge in [0.15, 0.2) is 10.4 Å². The van der Waals surface area contributed by atoms with Crippen LogP contribution in [0, 0.1) is 0 Å². The van der Waals surface area contributed by atoms with Gasteiger partial charge in [0.05, 0.1) is 17.4 Å². The summed E-state index contributed by atoms with van der Waals surface area (Å²) in [4.78, 5) is 35.7. The highest BCUT2D eigenvalue weighted by molar-refractivity contribution is 9.10. The third-order valence-corrected chi connectivity index (χ3v) is 4.73. The lowest BCUT2D eigenvalue weighted by atomic mass is 10.1. The number of furan rings is 1. The van der Waals surface area contributed by atoms with E-state index in [9.17, 15) is 9.59 Å². The molecule has 1 aliphatic rings. The Labute approximate surface area is 151 Å². The number of imidazole rings is 1. The van der Waals surface area contributed by atoms with Crippen LogP contribution in [0.15, 0.2) is 45.7 Å². The molecule has 0 spiro atoms. The normalized spacial score (nSPS) is 14.9. The van der Waals surface area contributed by atoms with Crippen molar-refractivity contribution in [2.24, 2.45) is 0 Å². The first-order valence-electron chi connectivity index (χ1n) is 7.89. The predicted octanol–water partition coefficient (Wildman–Crippen LogP) is 2.52. The second kappa shape index (κ2) is 6.36. The summed E-state index contributed by atoms with van der Waals surface area (Å²) < 4.78 is 5.84. The molecule has 2 aromatic heterocycles. The van der Waals surface area contributed by atoms with Gasteiger partial charge >= 0.3 is 0 Å². The molecule has 0 unspecified atom stereocenters. The fourth-order valence-electron chi connectivity index (χ4n) is 2.95. The third kappa shape index (κ3) is 3.05. The smallest absolute Gasteiger partial charge is 0.289 e.